The van der Waals surface area contributed by atoms with Gasteiger partial charge in [0.2, 0.25) is 0 Å². The van der Waals surface area contributed by atoms with Crippen molar-refractivity contribution in [2.45, 2.75) is 17.8 Å². The first-order chi connectivity index (χ1) is 4.59. The molecule has 0 bridgehead atoms. The quantitative estimate of drug-likeness (QED) is 0.326. The van der Waals surface area contributed by atoms with E-state index < -0.39 is 9.89 Å². The van der Waals surface area contributed by atoms with Gasteiger partial charge in [-0.25, -0.2) is 0 Å². The van der Waals surface area contributed by atoms with Gasteiger partial charge < -0.3 is 4.74 Å². The molecule has 4 heteroatoms. The van der Waals surface area contributed by atoms with Crippen LogP contribution in [0.1, 0.15) is 13.8 Å². The molecule has 1 unspecified atom stereocenters. The van der Waals surface area contributed by atoms with Gasteiger partial charge in [0.15, 0.2) is 9.71 Å². The molecule has 0 saturated heterocycles. The Hall–Kier alpha value is -0.130. The lowest BCUT2D eigenvalue weighted by molar-refractivity contribution is -0.143. The average molecular weight is 256 g/mol. The van der Waals surface area contributed by atoms with Crippen LogP contribution in [0.4, 0.5) is 0 Å². The molecule has 0 aromatic heterocycles. The minimum absolute atomic E-state index is 0.168. The number of hydrogen-bond acceptors (Lipinski definition) is 3. The zero-order valence-electron chi connectivity index (χ0n) is 5.89. The number of carbonyl (C=O) groups is 2. The lowest BCUT2D eigenvalue weighted by Crippen LogP contribution is -2.23. The Kier molecular flexibility index (Phi) is 4.59. The normalized spacial score (nSPS) is 12.3. The number of esters is 1. The molecule has 0 aromatic carbocycles. The number of ketones is 1. The molecule has 0 spiro atoms. The van der Waals surface area contributed by atoms with Crippen molar-refractivity contribution < 1.29 is 14.3 Å². The predicted octanol–water partition coefficient (Wildman–Crippen LogP) is 0.942. The summed E-state index contributed by atoms with van der Waals surface area (Å²) in [5.74, 6) is -0.616. The monoisotopic (exact) mass is 256 g/mol. The van der Waals surface area contributed by atoms with Crippen molar-refractivity contribution in [2.24, 2.45) is 0 Å². The highest BCUT2D eigenvalue weighted by molar-refractivity contribution is 14.1. The van der Waals surface area contributed by atoms with Gasteiger partial charge in [0.25, 0.3) is 0 Å². The Morgan fingerprint density at radius 1 is 1.60 bits per heavy atom. The Morgan fingerprint density at radius 2 is 2.10 bits per heavy atom. The molecule has 0 aliphatic rings. The first kappa shape index (κ1) is 9.87. The SMILES string of the molecule is CCOC(=O)C(I)C(C)=O. The summed E-state index contributed by atoms with van der Waals surface area (Å²) in [4.78, 5) is 21.3. The molecule has 0 aliphatic carbocycles. The van der Waals surface area contributed by atoms with Crippen LogP contribution >= 0.6 is 22.6 Å². The van der Waals surface area contributed by atoms with Crippen LogP contribution in [-0.4, -0.2) is 22.3 Å². The number of carbonyl (C=O) groups excluding carboxylic acids is 2. The van der Waals surface area contributed by atoms with Gasteiger partial charge in [0.1, 0.15) is 0 Å². The third-order valence-corrected chi connectivity index (χ3v) is 2.24. The van der Waals surface area contributed by atoms with Crippen LogP contribution in [0, 0.1) is 0 Å². The number of rotatable bonds is 3. The maximum atomic E-state index is 10.7. The van der Waals surface area contributed by atoms with Gasteiger partial charge in [0.05, 0.1) is 6.61 Å². The zero-order chi connectivity index (χ0) is 8.15. The summed E-state index contributed by atoms with van der Waals surface area (Å²) in [6.07, 6.45) is 0. The van der Waals surface area contributed by atoms with Gasteiger partial charge in [-0.05, 0) is 13.8 Å². The van der Waals surface area contributed by atoms with E-state index in [-0.39, 0.29) is 5.78 Å². The van der Waals surface area contributed by atoms with Crippen molar-refractivity contribution in [3.05, 3.63) is 0 Å². The Balaban J connectivity index is 3.82. The van der Waals surface area contributed by atoms with Crippen molar-refractivity contribution in [2.75, 3.05) is 6.61 Å². The maximum absolute atomic E-state index is 10.7. The summed E-state index contributed by atoms with van der Waals surface area (Å²) in [6, 6.07) is 0. The second-order valence-corrected chi connectivity index (χ2v) is 2.97. The lowest BCUT2D eigenvalue weighted by atomic mass is 10.3. The Labute approximate surface area is 73.3 Å². The molecule has 0 radical (unpaired) electrons. The van der Waals surface area contributed by atoms with Gasteiger partial charge in [-0.1, -0.05) is 22.6 Å². The lowest BCUT2D eigenvalue weighted by Gasteiger charge is -2.03. The Morgan fingerprint density at radius 3 is 2.40 bits per heavy atom. The smallest absolute Gasteiger partial charge is 0.326 e. The van der Waals surface area contributed by atoms with Gasteiger partial charge in [-0.15, -0.1) is 0 Å². The van der Waals surface area contributed by atoms with Crippen molar-refractivity contribution >= 4 is 34.3 Å². The maximum Gasteiger partial charge on any atom is 0.326 e. The van der Waals surface area contributed by atoms with E-state index in [0.717, 1.165) is 0 Å². The van der Waals surface area contributed by atoms with Crippen LogP contribution in [0.5, 0.6) is 0 Å². The third kappa shape index (κ3) is 3.14. The van der Waals surface area contributed by atoms with E-state index in [4.69, 9.17) is 0 Å². The van der Waals surface area contributed by atoms with E-state index >= 15 is 0 Å². The van der Waals surface area contributed by atoms with Crippen molar-refractivity contribution in [3.8, 4) is 0 Å². The van der Waals surface area contributed by atoms with E-state index in [1.165, 1.54) is 6.92 Å². The fraction of sp³-hybridized carbons (Fsp3) is 0.667. The van der Waals surface area contributed by atoms with Crippen LogP contribution in [-0.2, 0) is 14.3 Å². The number of alkyl halides is 1. The molecule has 0 aliphatic heterocycles. The minimum Gasteiger partial charge on any atom is -0.465 e. The van der Waals surface area contributed by atoms with Crippen LogP contribution in [0.2, 0.25) is 0 Å². The van der Waals surface area contributed by atoms with E-state index in [2.05, 4.69) is 4.74 Å². The topological polar surface area (TPSA) is 43.4 Å². The van der Waals surface area contributed by atoms with Crippen molar-refractivity contribution in [1.82, 2.24) is 0 Å². The minimum atomic E-state index is -0.641. The molecule has 0 fully saturated rings. The summed E-state index contributed by atoms with van der Waals surface area (Å²) < 4.78 is 3.96. The number of ether oxygens (including phenoxy) is 1. The van der Waals surface area contributed by atoms with E-state index in [0.29, 0.717) is 6.61 Å². The summed E-state index contributed by atoms with van der Waals surface area (Å²) in [7, 11) is 0. The first-order valence-corrected chi connectivity index (χ1v) is 4.15. The number of Topliss-reactive ketones (excluding diaryl/α,β-unsaturated/α-hetero) is 1. The second-order valence-electron chi connectivity index (χ2n) is 1.73. The summed E-state index contributed by atoms with van der Waals surface area (Å²) in [6.45, 7) is 3.40. The predicted molar refractivity (Wildman–Crippen MR) is 45.1 cm³/mol. The van der Waals surface area contributed by atoms with E-state index in [9.17, 15) is 9.59 Å². The highest BCUT2D eigenvalue weighted by Gasteiger charge is 2.19. The fourth-order valence-electron chi connectivity index (χ4n) is 0.381. The molecule has 0 heterocycles. The molecule has 0 N–H and O–H groups in total. The number of halogens is 1. The highest BCUT2D eigenvalue weighted by Crippen LogP contribution is 2.03. The zero-order valence-corrected chi connectivity index (χ0v) is 8.04. The van der Waals surface area contributed by atoms with Gasteiger partial charge >= 0.3 is 5.97 Å². The molecular formula is C6H9IO3. The third-order valence-electron chi connectivity index (χ3n) is 0.850. The summed E-state index contributed by atoms with van der Waals surface area (Å²) in [5, 5.41) is 0. The average Bonchev–Trinajstić information content (AvgIpc) is 1.87. The molecule has 10 heavy (non-hydrogen) atoms. The molecule has 0 rings (SSSR count). The van der Waals surface area contributed by atoms with Crippen LogP contribution in [0.3, 0.4) is 0 Å². The Bertz CT molecular complexity index is 144. The molecule has 1 atom stereocenters. The van der Waals surface area contributed by atoms with Gasteiger partial charge in [0, 0.05) is 0 Å². The highest BCUT2D eigenvalue weighted by atomic mass is 127. The van der Waals surface area contributed by atoms with E-state index in [1.807, 2.05) is 0 Å². The molecule has 0 saturated carbocycles. The standard InChI is InChI=1S/C6H9IO3/c1-3-10-6(9)5(7)4(2)8/h5H,3H2,1-2H3. The summed E-state index contributed by atoms with van der Waals surface area (Å²) in [5.41, 5.74) is 0. The van der Waals surface area contributed by atoms with Crippen LogP contribution < -0.4 is 0 Å². The van der Waals surface area contributed by atoms with Gasteiger partial charge in [-0.3, -0.25) is 9.59 Å². The van der Waals surface area contributed by atoms with Crippen molar-refractivity contribution in [1.29, 1.82) is 0 Å². The second kappa shape index (κ2) is 4.65. The van der Waals surface area contributed by atoms with E-state index in [1.54, 1.807) is 29.5 Å². The molecule has 0 aromatic rings. The molecular weight excluding hydrogens is 247 g/mol. The summed E-state index contributed by atoms with van der Waals surface area (Å²) >= 11 is 1.76. The molecule has 0 amide bonds. The largest absolute Gasteiger partial charge is 0.465 e. The molecule has 58 valence electrons. The van der Waals surface area contributed by atoms with Crippen LogP contribution in [0.15, 0.2) is 0 Å². The first-order valence-electron chi connectivity index (χ1n) is 2.90. The van der Waals surface area contributed by atoms with Crippen LogP contribution in [0.25, 0.3) is 0 Å². The van der Waals surface area contributed by atoms with Crippen molar-refractivity contribution in [3.63, 3.8) is 0 Å². The number of hydrogen-bond donors (Lipinski definition) is 0. The fourth-order valence-corrected chi connectivity index (χ4v) is 0.561. The van der Waals surface area contributed by atoms with Gasteiger partial charge in [-0.2, -0.15) is 0 Å². The molecule has 3 nitrogen and oxygen atoms in total.